The second-order valence-corrected chi connectivity index (χ2v) is 6.02. The molecule has 0 amide bonds. The van der Waals surface area contributed by atoms with Crippen molar-refractivity contribution in [1.29, 1.82) is 5.41 Å². The highest BCUT2D eigenvalue weighted by molar-refractivity contribution is 6.00. The highest BCUT2D eigenvalue weighted by Crippen LogP contribution is 2.36. The highest BCUT2D eigenvalue weighted by Gasteiger charge is 2.39. The van der Waals surface area contributed by atoms with Crippen LogP contribution in [0.4, 0.5) is 0 Å². The predicted molar refractivity (Wildman–Crippen MR) is 81.1 cm³/mol. The van der Waals surface area contributed by atoms with Crippen molar-refractivity contribution in [3.05, 3.63) is 35.4 Å². The van der Waals surface area contributed by atoms with Crippen molar-refractivity contribution in [1.82, 2.24) is 4.90 Å². The standard InChI is InChI=1S/C17H24N2O/c1-3-17(4-2)11-14(9-10-20-17)19-12-13-7-5-6-8-15(13)16(19)18/h5-8,14,18H,3-4,9-12H2,1-2H3. The van der Waals surface area contributed by atoms with E-state index in [1.807, 2.05) is 6.07 Å². The summed E-state index contributed by atoms with van der Waals surface area (Å²) in [4.78, 5) is 2.28. The number of nitrogens with one attached hydrogen (secondary N) is 1. The van der Waals surface area contributed by atoms with Crippen LogP contribution in [0, 0.1) is 5.41 Å². The van der Waals surface area contributed by atoms with Crippen LogP contribution in [-0.4, -0.2) is 29.0 Å². The zero-order valence-corrected chi connectivity index (χ0v) is 12.5. The van der Waals surface area contributed by atoms with Gasteiger partial charge >= 0.3 is 0 Å². The van der Waals surface area contributed by atoms with Gasteiger partial charge in [-0.1, -0.05) is 38.1 Å². The fraction of sp³-hybridized carbons (Fsp3) is 0.588. The smallest absolute Gasteiger partial charge is 0.128 e. The van der Waals surface area contributed by atoms with Gasteiger partial charge in [-0.3, -0.25) is 5.41 Å². The molecule has 0 bridgehead atoms. The Kier molecular flexibility index (Phi) is 3.55. The van der Waals surface area contributed by atoms with E-state index in [9.17, 15) is 0 Å². The van der Waals surface area contributed by atoms with Crippen LogP contribution in [0.2, 0.25) is 0 Å². The second kappa shape index (κ2) is 5.21. The first-order valence-corrected chi connectivity index (χ1v) is 7.76. The lowest BCUT2D eigenvalue weighted by Crippen LogP contribution is -2.48. The van der Waals surface area contributed by atoms with Crippen molar-refractivity contribution in [2.24, 2.45) is 0 Å². The van der Waals surface area contributed by atoms with Crippen LogP contribution in [-0.2, 0) is 11.3 Å². The molecular formula is C17H24N2O. The van der Waals surface area contributed by atoms with Crippen LogP contribution in [0.5, 0.6) is 0 Å². The lowest BCUT2D eigenvalue weighted by atomic mass is 9.85. The zero-order chi connectivity index (χ0) is 14.2. The van der Waals surface area contributed by atoms with Crippen molar-refractivity contribution in [2.75, 3.05) is 6.61 Å². The summed E-state index contributed by atoms with van der Waals surface area (Å²) in [6, 6.07) is 8.77. The van der Waals surface area contributed by atoms with Gasteiger partial charge in [-0.05, 0) is 31.2 Å². The lowest BCUT2D eigenvalue weighted by Gasteiger charge is -2.43. The van der Waals surface area contributed by atoms with Crippen LogP contribution in [0.15, 0.2) is 24.3 Å². The number of nitrogens with zero attached hydrogens (tertiary/aromatic N) is 1. The van der Waals surface area contributed by atoms with Gasteiger partial charge in [0.05, 0.1) is 5.60 Å². The Morgan fingerprint density at radius 3 is 2.75 bits per heavy atom. The zero-order valence-electron chi connectivity index (χ0n) is 12.5. The SMILES string of the molecule is CCC1(CC)CC(N2Cc3ccccc3C2=N)CCO1. The molecule has 2 aliphatic rings. The minimum absolute atomic E-state index is 0.0258. The Bertz CT molecular complexity index is 507. The second-order valence-electron chi connectivity index (χ2n) is 6.02. The minimum atomic E-state index is 0.0258. The van der Waals surface area contributed by atoms with Crippen molar-refractivity contribution >= 4 is 5.84 Å². The summed E-state index contributed by atoms with van der Waals surface area (Å²) in [5.74, 6) is 0.702. The van der Waals surface area contributed by atoms with Gasteiger partial charge in [0.15, 0.2) is 0 Å². The third-order valence-corrected chi connectivity index (χ3v) is 5.10. The van der Waals surface area contributed by atoms with Gasteiger partial charge in [-0.2, -0.15) is 0 Å². The molecule has 1 atom stereocenters. The van der Waals surface area contributed by atoms with E-state index in [0.29, 0.717) is 11.9 Å². The number of rotatable bonds is 3. The Morgan fingerprint density at radius 1 is 1.30 bits per heavy atom. The van der Waals surface area contributed by atoms with Gasteiger partial charge in [0, 0.05) is 24.8 Å². The number of hydrogen-bond donors (Lipinski definition) is 1. The van der Waals surface area contributed by atoms with Crippen LogP contribution >= 0.6 is 0 Å². The average Bonchev–Trinajstić information content (AvgIpc) is 2.85. The van der Waals surface area contributed by atoms with E-state index in [-0.39, 0.29) is 5.60 Å². The molecule has 0 aliphatic carbocycles. The molecule has 1 aromatic carbocycles. The molecule has 1 N–H and O–H groups in total. The van der Waals surface area contributed by atoms with Crippen molar-refractivity contribution in [2.45, 2.75) is 57.7 Å². The molecule has 1 aromatic rings. The van der Waals surface area contributed by atoms with Crippen LogP contribution in [0.25, 0.3) is 0 Å². The van der Waals surface area contributed by atoms with E-state index < -0.39 is 0 Å². The summed E-state index contributed by atoms with van der Waals surface area (Å²) in [6.07, 6.45) is 4.22. The van der Waals surface area contributed by atoms with Gasteiger partial charge in [0.1, 0.15) is 5.84 Å². The first kappa shape index (κ1) is 13.6. The van der Waals surface area contributed by atoms with Gasteiger partial charge in [-0.15, -0.1) is 0 Å². The summed E-state index contributed by atoms with van der Waals surface area (Å²) in [6.45, 7) is 6.15. The third-order valence-electron chi connectivity index (χ3n) is 5.10. The molecule has 1 fully saturated rings. The number of fused-ring (bicyclic) bond motifs is 1. The van der Waals surface area contributed by atoms with E-state index >= 15 is 0 Å². The maximum absolute atomic E-state index is 8.45. The normalized spacial score (nSPS) is 24.8. The average molecular weight is 272 g/mol. The fourth-order valence-electron chi connectivity index (χ4n) is 3.63. The molecule has 0 radical (unpaired) electrons. The molecule has 2 aliphatic heterocycles. The molecular weight excluding hydrogens is 248 g/mol. The van der Waals surface area contributed by atoms with Gasteiger partial charge < -0.3 is 9.64 Å². The summed E-state index contributed by atoms with van der Waals surface area (Å²) >= 11 is 0. The molecule has 2 heterocycles. The molecule has 1 unspecified atom stereocenters. The topological polar surface area (TPSA) is 36.3 Å². The van der Waals surface area contributed by atoms with Crippen molar-refractivity contribution in [3.8, 4) is 0 Å². The van der Waals surface area contributed by atoms with Crippen molar-refractivity contribution in [3.63, 3.8) is 0 Å². The van der Waals surface area contributed by atoms with Crippen LogP contribution < -0.4 is 0 Å². The molecule has 3 nitrogen and oxygen atoms in total. The van der Waals surface area contributed by atoms with Crippen LogP contribution in [0.1, 0.15) is 50.7 Å². The Hall–Kier alpha value is -1.35. The van der Waals surface area contributed by atoms with Crippen molar-refractivity contribution < 1.29 is 4.74 Å². The summed E-state index contributed by atoms with van der Waals surface area (Å²) in [7, 11) is 0. The summed E-state index contributed by atoms with van der Waals surface area (Å²) in [5.41, 5.74) is 2.43. The highest BCUT2D eigenvalue weighted by atomic mass is 16.5. The summed E-state index contributed by atoms with van der Waals surface area (Å²) < 4.78 is 6.07. The molecule has 3 rings (SSSR count). The monoisotopic (exact) mass is 272 g/mol. The van der Waals surface area contributed by atoms with E-state index in [0.717, 1.165) is 44.4 Å². The lowest BCUT2D eigenvalue weighted by molar-refractivity contribution is -0.103. The Balaban J connectivity index is 1.80. The molecule has 108 valence electrons. The first-order chi connectivity index (χ1) is 9.69. The molecule has 0 aromatic heterocycles. The molecule has 3 heteroatoms. The van der Waals surface area contributed by atoms with E-state index in [2.05, 4.69) is 36.9 Å². The largest absolute Gasteiger partial charge is 0.375 e. The van der Waals surface area contributed by atoms with E-state index in [4.69, 9.17) is 10.1 Å². The molecule has 20 heavy (non-hydrogen) atoms. The predicted octanol–water partition coefficient (Wildman–Crippen LogP) is 3.57. The minimum Gasteiger partial charge on any atom is -0.375 e. The third kappa shape index (κ3) is 2.14. The van der Waals surface area contributed by atoms with Gasteiger partial charge in [0.2, 0.25) is 0 Å². The Morgan fingerprint density at radius 2 is 2.05 bits per heavy atom. The number of hydrogen-bond acceptors (Lipinski definition) is 2. The first-order valence-electron chi connectivity index (χ1n) is 7.76. The van der Waals surface area contributed by atoms with Gasteiger partial charge in [-0.25, -0.2) is 0 Å². The quantitative estimate of drug-likeness (QED) is 0.913. The fourth-order valence-corrected chi connectivity index (χ4v) is 3.63. The summed E-state index contributed by atoms with van der Waals surface area (Å²) in [5, 5.41) is 8.45. The number of benzene rings is 1. The van der Waals surface area contributed by atoms with Crippen LogP contribution in [0.3, 0.4) is 0 Å². The van der Waals surface area contributed by atoms with E-state index in [1.165, 1.54) is 5.56 Å². The maximum Gasteiger partial charge on any atom is 0.128 e. The molecule has 0 saturated carbocycles. The van der Waals surface area contributed by atoms with Gasteiger partial charge in [0.25, 0.3) is 0 Å². The molecule has 0 spiro atoms. The Labute approximate surface area is 121 Å². The number of ether oxygens (including phenoxy) is 1. The van der Waals surface area contributed by atoms with E-state index in [1.54, 1.807) is 0 Å². The number of amidine groups is 1. The maximum atomic E-state index is 8.45. The molecule has 1 saturated heterocycles.